The van der Waals surface area contributed by atoms with E-state index in [0.29, 0.717) is 11.7 Å². The molecule has 0 amide bonds. The number of hydrogen-bond donors (Lipinski definition) is 0. The summed E-state index contributed by atoms with van der Waals surface area (Å²) in [5.41, 5.74) is 0. The summed E-state index contributed by atoms with van der Waals surface area (Å²) in [5, 5.41) is 0. The average Bonchev–Trinajstić information content (AvgIpc) is 2.28. The number of carbonyl (C=O) groups is 1. The third-order valence-corrected chi connectivity index (χ3v) is 3.31. The molecule has 1 saturated carbocycles. The Hall–Kier alpha value is -0.860. The zero-order chi connectivity index (χ0) is 12.1. The van der Waals surface area contributed by atoms with Gasteiger partial charge in [-0.25, -0.2) is 0 Å². The largest absolute Gasteiger partial charge is 0.484 e. The molecule has 0 spiro atoms. The summed E-state index contributed by atoms with van der Waals surface area (Å²) in [5.74, 6) is 1.27. The highest BCUT2D eigenvalue weighted by atomic mass is 16.5. The molecule has 0 aliphatic heterocycles. The van der Waals surface area contributed by atoms with Crippen LogP contribution in [-0.2, 0) is 9.53 Å². The van der Waals surface area contributed by atoms with Gasteiger partial charge < -0.3 is 4.74 Å². The number of nitrogens with zero attached hydrogens (tertiary/aromatic N) is 1. The Kier molecular flexibility index (Phi) is 4.97. The lowest BCUT2D eigenvalue weighted by molar-refractivity contribution is -0.127. The van der Waals surface area contributed by atoms with Crippen molar-refractivity contribution in [1.29, 1.82) is 0 Å². The monoisotopic (exact) mass is 225 g/mol. The fraction of sp³-hybridized carbons (Fsp3) is 0.846. The Bertz CT molecular complexity index is 271. The van der Waals surface area contributed by atoms with E-state index in [0.717, 1.165) is 19.3 Å². The lowest BCUT2D eigenvalue weighted by atomic mass is 9.79. The SMILES string of the molecule is COC(C)=NC1CCCCC1C(=O)C(C)C. The highest BCUT2D eigenvalue weighted by Crippen LogP contribution is 2.29. The molecule has 3 nitrogen and oxygen atoms in total. The van der Waals surface area contributed by atoms with Crippen LogP contribution in [0.4, 0.5) is 0 Å². The van der Waals surface area contributed by atoms with E-state index in [-0.39, 0.29) is 17.9 Å². The molecule has 1 rings (SSSR count). The van der Waals surface area contributed by atoms with Crippen molar-refractivity contribution >= 4 is 11.7 Å². The average molecular weight is 225 g/mol. The van der Waals surface area contributed by atoms with E-state index in [1.165, 1.54) is 6.42 Å². The summed E-state index contributed by atoms with van der Waals surface area (Å²) in [4.78, 5) is 16.6. The minimum Gasteiger partial charge on any atom is -0.484 e. The first-order valence-corrected chi connectivity index (χ1v) is 6.18. The molecule has 16 heavy (non-hydrogen) atoms. The van der Waals surface area contributed by atoms with Gasteiger partial charge in [0.05, 0.1) is 13.2 Å². The van der Waals surface area contributed by atoms with E-state index in [1.54, 1.807) is 7.11 Å². The number of carbonyl (C=O) groups excluding carboxylic acids is 1. The molecule has 2 atom stereocenters. The summed E-state index contributed by atoms with van der Waals surface area (Å²) in [6.07, 6.45) is 4.33. The van der Waals surface area contributed by atoms with E-state index in [2.05, 4.69) is 4.99 Å². The molecule has 0 aromatic rings. The van der Waals surface area contributed by atoms with E-state index in [1.807, 2.05) is 20.8 Å². The van der Waals surface area contributed by atoms with Gasteiger partial charge in [0, 0.05) is 18.8 Å². The molecule has 1 fully saturated rings. The maximum absolute atomic E-state index is 12.1. The molecule has 0 bridgehead atoms. The Labute approximate surface area is 98.3 Å². The molecule has 0 heterocycles. The number of ketones is 1. The first-order chi connectivity index (χ1) is 7.56. The Balaban J connectivity index is 2.75. The van der Waals surface area contributed by atoms with Crippen LogP contribution in [0.3, 0.4) is 0 Å². The Morgan fingerprint density at radius 3 is 2.50 bits per heavy atom. The minimum absolute atomic E-state index is 0.110. The van der Waals surface area contributed by atoms with Gasteiger partial charge in [-0.05, 0) is 12.8 Å². The van der Waals surface area contributed by atoms with Crippen molar-refractivity contribution in [2.24, 2.45) is 16.8 Å². The minimum atomic E-state index is 0.110. The predicted octanol–water partition coefficient (Wildman–Crippen LogP) is 2.84. The van der Waals surface area contributed by atoms with Crippen LogP contribution < -0.4 is 0 Å². The summed E-state index contributed by atoms with van der Waals surface area (Å²) < 4.78 is 5.08. The van der Waals surface area contributed by atoms with Gasteiger partial charge in [-0.1, -0.05) is 26.7 Å². The third-order valence-electron chi connectivity index (χ3n) is 3.31. The first-order valence-electron chi connectivity index (χ1n) is 6.18. The zero-order valence-electron chi connectivity index (χ0n) is 10.8. The molecule has 0 aromatic heterocycles. The van der Waals surface area contributed by atoms with Crippen LogP contribution in [0, 0.1) is 11.8 Å². The van der Waals surface area contributed by atoms with Gasteiger partial charge in [-0.2, -0.15) is 0 Å². The highest BCUT2D eigenvalue weighted by Gasteiger charge is 2.31. The summed E-state index contributed by atoms with van der Waals surface area (Å²) in [6.45, 7) is 5.80. The predicted molar refractivity (Wildman–Crippen MR) is 65.7 cm³/mol. The van der Waals surface area contributed by atoms with Gasteiger partial charge in [0.1, 0.15) is 5.78 Å². The van der Waals surface area contributed by atoms with E-state index < -0.39 is 0 Å². The lowest BCUT2D eigenvalue weighted by Crippen LogP contribution is -2.33. The van der Waals surface area contributed by atoms with Gasteiger partial charge in [-0.15, -0.1) is 0 Å². The van der Waals surface area contributed by atoms with Gasteiger partial charge in [0.15, 0.2) is 5.90 Å². The molecule has 0 saturated heterocycles. The van der Waals surface area contributed by atoms with Crippen LogP contribution in [0.5, 0.6) is 0 Å². The fourth-order valence-corrected chi connectivity index (χ4v) is 2.31. The number of hydrogen-bond acceptors (Lipinski definition) is 3. The van der Waals surface area contributed by atoms with Crippen LogP contribution in [0.1, 0.15) is 46.5 Å². The second-order valence-corrected chi connectivity index (χ2v) is 4.87. The molecule has 1 aliphatic rings. The number of aliphatic imine (C=N–C) groups is 1. The van der Waals surface area contributed by atoms with E-state index in [9.17, 15) is 4.79 Å². The van der Waals surface area contributed by atoms with Crippen molar-refractivity contribution < 1.29 is 9.53 Å². The molecule has 2 unspecified atom stereocenters. The smallest absolute Gasteiger partial charge is 0.179 e. The molecule has 0 radical (unpaired) electrons. The molecular formula is C13H23NO2. The van der Waals surface area contributed by atoms with E-state index >= 15 is 0 Å². The van der Waals surface area contributed by atoms with Crippen molar-refractivity contribution in [3.8, 4) is 0 Å². The standard InChI is InChI=1S/C13H23NO2/c1-9(2)13(15)11-7-5-6-8-12(11)14-10(3)16-4/h9,11-12H,5-8H2,1-4H3. The quantitative estimate of drug-likeness (QED) is 0.547. The second kappa shape index (κ2) is 6.02. The van der Waals surface area contributed by atoms with Crippen molar-refractivity contribution in [2.75, 3.05) is 7.11 Å². The lowest BCUT2D eigenvalue weighted by Gasteiger charge is -2.29. The highest BCUT2D eigenvalue weighted by molar-refractivity contribution is 5.84. The topological polar surface area (TPSA) is 38.7 Å². The van der Waals surface area contributed by atoms with Crippen LogP contribution in [0.25, 0.3) is 0 Å². The van der Waals surface area contributed by atoms with Gasteiger partial charge in [0.25, 0.3) is 0 Å². The van der Waals surface area contributed by atoms with Gasteiger partial charge in [-0.3, -0.25) is 9.79 Å². The van der Waals surface area contributed by atoms with Crippen molar-refractivity contribution in [2.45, 2.75) is 52.5 Å². The molecule has 3 heteroatoms. The number of ether oxygens (including phenoxy) is 1. The normalized spacial score (nSPS) is 26.9. The third kappa shape index (κ3) is 3.32. The number of methoxy groups -OCH3 is 1. The van der Waals surface area contributed by atoms with E-state index in [4.69, 9.17) is 4.74 Å². The molecule has 92 valence electrons. The number of rotatable bonds is 3. The van der Waals surface area contributed by atoms with Crippen LogP contribution in [0.15, 0.2) is 4.99 Å². The maximum atomic E-state index is 12.1. The number of Topliss-reactive ketones (excluding diaryl/α,β-unsaturated/α-hetero) is 1. The van der Waals surface area contributed by atoms with Crippen LogP contribution >= 0.6 is 0 Å². The van der Waals surface area contributed by atoms with Crippen LogP contribution in [-0.4, -0.2) is 24.8 Å². The Morgan fingerprint density at radius 2 is 1.94 bits per heavy atom. The molecule has 0 aromatic carbocycles. The zero-order valence-corrected chi connectivity index (χ0v) is 10.8. The molecular weight excluding hydrogens is 202 g/mol. The summed E-state index contributed by atoms with van der Waals surface area (Å²) >= 11 is 0. The van der Waals surface area contributed by atoms with Crippen molar-refractivity contribution in [1.82, 2.24) is 0 Å². The first kappa shape index (κ1) is 13.2. The maximum Gasteiger partial charge on any atom is 0.179 e. The fourth-order valence-electron chi connectivity index (χ4n) is 2.31. The summed E-state index contributed by atoms with van der Waals surface area (Å²) in [7, 11) is 1.63. The molecule has 0 N–H and O–H groups in total. The van der Waals surface area contributed by atoms with Crippen LogP contribution in [0.2, 0.25) is 0 Å². The van der Waals surface area contributed by atoms with Crippen molar-refractivity contribution in [3.05, 3.63) is 0 Å². The second-order valence-electron chi connectivity index (χ2n) is 4.87. The van der Waals surface area contributed by atoms with Gasteiger partial charge >= 0.3 is 0 Å². The summed E-state index contributed by atoms with van der Waals surface area (Å²) in [6, 6.07) is 0.142. The van der Waals surface area contributed by atoms with Gasteiger partial charge in [0.2, 0.25) is 0 Å². The molecule has 1 aliphatic carbocycles. The van der Waals surface area contributed by atoms with Crippen molar-refractivity contribution in [3.63, 3.8) is 0 Å². The Morgan fingerprint density at radius 1 is 1.31 bits per heavy atom.